The monoisotopic (exact) mass is 268 g/mol. The summed E-state index contributed by atoms with van der Waals surface area (Å²) in [5.41, 5.74) is 6.35. The van der Waals surface area contributed by atoms with Crippen molar-refractivity contribution in [3.8, 4) is 0 Å². The maximum atomic E-state index is 12.0. The van der Waals surface area contributed by atoms with E-state index in [2.05, 4.69) is 15.5 Å². The van der Waals surface area contributed by atoms with Crippen LogP contribution in [0.15, 0.2) is 0 Å². The van der Waals surface area contributed by atoms with Crippen LogP contribution < -0.4 is 11.1 Å². The fourth-order valence-corrected chi connectivity index (χ4v) is 1.81. The molecule has 0 aliphatic carbocycles. The maximum absolute atomic E-state index is 12.0. The molecule has 1 heterocycles. The summed E-state index contributed by atoms with van der Waals surface area (Å²) in [4.78, 5) is 12.0. The number of aromatic amines is 1. The normalized spacial score (nSPS) is 11.9. The van der Waals surface area contributed by atoms with Crippen molar-refractivity contribution in [3.63, 3.8) is 0 Å². The van der Waals surface area contributed by atoms with Crippen LogP contribution in [0, 0.1) is 0 Å². The van der Waals surface area contributed by atoms with Gasteiger partial charge in [-0.05, 0) is 18.8 Å². The van der Waals surface area contributed by atoms with Crippen LogP contribution in [0.25, 0.3) is 0 Å². The Bertz CT molecular complexity index is 436. The lowest BCUT2D eigenvalue weighted by Gasteiger charge is -2.25. The number of nitrogen functional groups attached to an aromatic ring is 1. The molecule has 19 heavy (non-hydrogen) atoms. The fraction of sp³-hybridized carbons (Fsp3) is 0.692. The van der Waals surface area contributed by atoms with Crippen LogP contribution in [0.4, 0.5) is 5.69 Å². The van der Waals surface area contributed by atoms with Gasteiger partial charge in [0.1, 0.15) is 0 Å². The zero-order valence-electron chi connectivity index (χ0n) is 12.1. The first-order valence-corrected chi connectivity index (χ1v) is 6.69. The number of carbonyl (C=O) groups excluding carboxylic acids is 1. The first-order chi connectivity index (χ1) is 8.84. The molecule has 1 amide bonds. The predicted molar refractivity (Wildman–Crippen MR) is 75.0 cm³/mol. The van der Waals surface area contributed by atoms with Gasteiger partial charge in [0, 0.05) is 6.54 Å². The molecule has 0 aliphatic rings. The molecule has 1 aromatic heterocycles. The molecule has 0 spiro atoms. The summed E-state index contributed by atoms with van der Waals surface area (Å²) in [6.45, 7) is 7.91. The second-order valence-corrected chi connectivity index (χ2v) is 5.17. The summed E-state index contributed by atoms with van der Waals surface area (Å²) in [6.07, 6.45) is 1.16. The summed E-state index contributed by atoms with van der Waals surface area (Å²) < 4.78 is 0. The van der Waals surface area contributed by atoms with E-state index in [1.807, 2.05) is 27.7 Å². The Morgan fingerprint density at radius 2 is 2.05 bits per heavy atom. The number of nitrogens with zero attached hydrogens (tertiary/aromatic N) is 1. The smallest absolute Gasteiger partial charge is 0.274 e. The summed E-state index contributed by atoms with van der Waals surface area (Å²) in [5, 5.41) is 19.5. The molecule has 0 bridgehead atoms. The standard InChI is InChI=1S/C13H24N4O2/c1-5-13(19,6-2)7-15-12(18)11-9(14)10(8(3)4)16-17-11/h8,19H,5-7,14H2,1-4H3,(H,15,18)(H,16,17). The summed E-state index contributed by atoms with van der Waals surface area (Å²) >= 11 is 0. The maximum Gasteiger partial charge on any atom is 0.274 e. The van der Waals surface area contributed by atoms with Gasteiger partial charge >= 0.3 is 0 Å². The predicted octanol–water partition coefficient (Wildman–Crippen LogP) is 1.40. The van der Waals surface area contributed by atoms with Crippen molar-refractivity contribution in [3.05, 3.63) is 11.4 Å². The number of H-pyrrole nitrogens is 1. The van der Waals surface area contributed by atoms with Gasteiger partial charge in [-0.1, -0.05) is 27.7 Å². The van der Waals surface area contributed by atoms with E-state index in [1.54, 1.807) is 0 Å². The highest BCUT2D eigenvalue weighted by Crippen LogP contribution is 2.22. The molecule has 6 nitrogen and oxygen atoms in total. The van der Waals surface area contributed by atoms with E-state index in [9.17, 15) is 9.90 Å². The van der Waals surface area contributed by atoms with Gasteiger partial charge in [0.15, 0.2) is 5.69 Å². The van der Waals surface area contributed by atoms with E-state index >= 15 is 0 Å². The number of hydrogen-bond donors (Lipinski definition) is 4. The molecule has 0 saturated heterocycles. The minimum Gasteiger partial charge on any atom is -0.395 e. The molecular formula is C13H24N4O2. The summed E-state index contributed by atoms with van der Waals surface area (Å²) in [6, 6.07) is 0. The van der Waals surface area contributed by atoms with E-state index in [0.717, 1.165) is 5.69 Å². The van der Waals surface area contributed by atoms with Crippen molar-refractivity contribution in [2.24, 2.45) is 0 Å². The number of nitrogens with one attached hydrogen (secondary N) is 2. The van der Waals surface area contributed by atoms with Crippen molar-refractivity contribution in [1.29, 1.82) is 0 Å². The summed E-state index contributed by atoms with van der Waals surface area (Å²) in [7, 11) is 0. The summed E-state index contributed by atoms with van der Waals surface area (Å²) in [5.74, 6) is -0.182. The lowest BCUT2D eigenvalue weighted by atomic mass is 9.97. The Morgan fingerprint density at radius 1 is 1.47 bits per heavy atom. The molecule has 0 unspecified atom stereocenters. The van der Waals surface area contributed by atoms with Crippen LogP contribution in [-0.4, -0.2) is 33.4 Å². The number of carbonyl (C=O) groups is 1. The molecule has 0 aromatic carbocycles. The van der Waals surface area contributed by atoms with Crippen LogP contribution in [0.2, 0.25) is 0 Å². The highest BCUT2D eigenvalue weighted by Gasteiger charge is 2.25. The number of aliphatic hydroxyl groups is 1. The Kier molecular flexibility index (Phi) is 4.94. The topological polar surface area (TPSA) is 104 Å². The number of nitrogens with two attached hydrogens (primary N) is 1. The van der Waals surface area contributed by atoms with Gasteiger partial charge in [-0.2, -0.15) is 5.10 Å². The van der Waals surface area contributed by atoms with E-state index < -0.39 is 5.60 Å². The van der Waals surface area contributed by atoms with Crippen molar-refractivity contribution in [1.82, 2.24) is 15.5 Å². The van der Waals surface area contributed by atoms with Crippen molar-refractivity contribution in [2.75, 3.05) is 12.3 Å². The molecule has 0 saturated carbocycles. The van der Waals surface area contributed by atoms with Crippen LogP contribution in [0.5, 0.6) is 0 Å². The SMILES string of the molecule is CCC(O)(CC)CNC(=O)c1n[nH]c(C(C)C)c1N. The Labute approximate surface area is 113 Å². The van der Waals surface area contributed by atoms with Crippen LogP contribution in [-0.2, 0) is 0 Å². The molecular weight excluding hydrogens is 244 g/mol. The average Bonchev–Trinajstić information content (AvgIpc) is 2.77. The van der Waals surface area contributed by atoms with E-state index in [0.29, 0.717) is 18.5 Å². The lowest BCUT2D eigenvalue weighted by Crippen LogP contribution is -2.42. The third kappa shape index (κ3) is 3.47. The molecule has 6 heteroatoms. The zero-order chi connectivity index (χ0) is 14.6. The second kappa shape index (κ2) is 6.06. The van der Waals surface area contributed by atoms with Gasteiger partial charge in [-0.15, -0.1) is 0 Å². The van der Waals surface area contributed by atoms with Crippen molar-refractivity contribution in [2.45, 2.75) is 52.1 Å². The third-order valence-electron chi connectivity index (χ3n) is 3.52. The number of rotatable bonds is 6. The number of aromatic nitrogens is 2. The second-order valence-electron chi connectivity index (χ2n) is 5.17. The van der Waals surface area contributed by atoms with Gasteiger partial charge in [0.05, 0.1) is 17.0 Å². The van der Waals surface area contributed by atoms with Gasteiger partial charge in [0.2, 0.25) is 0 Å². The molecule has 0 fully saturated rings. The van der Waals surface area contributed by atoms with Gasteiger partial charge in [-0.25, -0.2) is 0 Å². The largest absolute Gasteiger partial charge is 0.395 e. The fourth-order valence-electron chi connectivity index (χ4n) is 1.81. The zero-order valence-corrected chi connectivity index (χ0v) is 12.1. The first-order valence-electron chi connectivity index (χ1n) is 6.69. The highest BCUT2D eigenvalue weighted by atomic mass is 16.3. The molecule has 108 valence electrons. The quantitative estimate of drug-likeness (QED) is 0.626. The molecule has 5 N–H and O–H groups in total. The van der Waals surface area contributed by atoms with Gasteiger partial charge < -0.3 is 16.2 Å². The first kappa shape index (κ1) is 15.5. The Hall–Kier alpha value is -1.56. The van der Waals surface area contributed by atoms with Crippen LogP contribution >= 0.6 is 0 Å². The molecule has 0 aliphatic heterocycles. The number of hydrogen-bond acceptors (Lipinski definition) is 4. The van der Waals surface area contributed by atoms with E-state index in [-0.39, 0.29) is 24.1 Å². The minimum atomic E-state index is -0.873. The third-order valence-corrected chi connectivity index (χ3v) is 3.52. The highest BCUT2D eigenvalue weighted by molar-refractivity contribution is 5.97. The van der Waals surface area contributed by atoms with Gasteiger partial charge in [0.25, 0.3) is 5.91 Å². The van der Waals surface area contributed by atoms with Crippen molar-refractivity contribution >= 4 is 11.6 Å². The van der Waals surface area contributed by atoms with E-state index in [4.69, 9.17) is 5.73 Å². The molecule has 0 radical (unpaired) electrons. The van der Waals surface area contributed by atoms with Crippen LogP contribution in [0.1, 0.15) is 62.6 Å². The van der Waals surface area contributed by atoms with Gasteiger partial charge in [-0.3, -0.25) is 9.89 Å². The Balaban J connectivity index is 2.74. The Morgan fingerprint density at radius 3 is 2.47 bits per heavy atom. The van der Waals surface area contributed by atoms with Crippen molar-refractivity contribution < 1.29 is 9.90 Å². The minimum absolute atomic E-state index is 0.178. The molecule has 1 rings (SSSR count). The molecule has 1 aromatic rings. The average molecular weight is 268 g/mol. The van der Waals surface area contributed by atoms with E-state index in [1.165, 1.54) is 0 Å². The van der Waals surface area contributed by atoms with Crippen LogP contribution in [0.3, 0.4) is 0 Å². The molecule has 0 atom stereocenters. The number of amides is 1. The lowest BCUT2D eigenvalue weighted by molar-refractivity contribution is 0.0313. The number of anilines is 1.